The van der Waals surface area contributed by atoms with Crippen molar-refractivity contribution in [2.75, 3.05) is 33.8 Å². The van der Waals surface area contributed by atoms with Crippen LogP contribution in [0, 0.1) is 0 Å². The second-order valence-corrected chi connectivity index (χ2v) is 6.29. The van der Waals surface area contributed by atoms with Gasteiger partial charge in [-0.05, 0) is 12.8 Å². The molecule has 0 aromatic carbocycles. The summed E-state index contributed by atoms with van der Waals surface area (Å²) in [6.07, 6.45) is 14.0. The molecule has 134 valence electrons. The molecule has 0 saturated carbocycles. The Morgan fingerprint density at radius 3 is 1.43 bits per heavy atom. The van der Waals surface area contributed by atoms with Gasteiger partial charge in [0.1, 0.15) is 6.54 Å². The maximum absolute atomic E-state index is 8.95. The van der Waals surface area contributed by atoms with Gasteiger partial charge < -0.3 is 49.7 Å². The zero-order valence-electron chi connectivity index (χ0n) is 14.8. The van der Waals surface area contributed by atoms with Crippen molar-refractivity contribution in [1.82, 2.24) is 6.15 Å². The minimum Gasteiger partial charge on any atom is -1.00 e. The summed E-state index contributed by atoms with van der Waals surface area (Å²) < 4.78 is 0.966. The van der Waals surface area contributed by atoms with Crippen molar-refractivity contribution in [3.8, 4) is 0 Å². The highest BCUT2D eigenvalue weighted by Gasteiger charge is 2.12. The van der Waals surface area contributed by atoms with E-state index in [1.54, 1.807) is 0 Å². The lowest BCUT2D eigenvalue weighted by atomic mass is 10.1. The second-order valence-electron chi connectivity index (χ2n) is 6.29. The molecule has 0 bridgehead atoms. The van der Waals surface area contributed by atoms with Gasteiger partial charge in [-0.15, -0.1) is 0 Å². The van der Waals surface area contributed by atoms with Crippen molar-refractivity contribution < 1.29 is 43.6 Å². The molecule has 0 unspecified atom stereocenters. The number of hydrogen-bond donors (Lipinski definition) is 2. The Morgan fingerprint density at radius 1 is 0.667 bits per heavy atom. The van der Waals surface area contributed by atoms with E-state index in [2.05, 4.69) is 21.0 Å². The SMILES string of the molecule is CCCCCCCCCCCC[N+](C)(C)CCO.[Br-].[Br-].[NH4+]. The summed E-state index contributed by atoms with van der Waals surface area (Å²) in [6.45, 7) is 4.68. The minimum atomic E-state index is 0. The summed E-state index contributed by atoms with van der Waals surface area (Å²) in [5.74, 6) is 0. The van der Waals surface area contributed by atoms with E-state index < -0.39 is 0 Å². The molecule has 5 heteroatoms. The van der Waals surface area contributed by atoms with Gasteiger partial charge in [-0.1, -0.05) is 58.3 Å². The first kappa shape index (κ1) is 29.8. The van der Waals surface area contributed by atoms with Gasteiger partial charge in [0.05, 0.1) is 27.2 Å². The first-order valence-electron chi connectivity index (χ1n) is 8.05. The second kappa shape index (κ2) is 20.8. The Balaban J connectivity index is -0.000000482. The van der Waals surface area contributed by atoms with Crippen LogP contribution in [0.15, 0.2) is 0 Å². The lowest BCUT2D eigenvalue weighted by Gasteiger charge is -2.28. The molecule has 0 heterocycles. The van der Waals surface area contributed by atoms with E-state index in [-0.39, 0.29) is 40.1 Å². The van der Waals surface area contributed by atoms with E-state index in [0.29, 0.717) is 6.61 Å². The molecule has 0 saturated heterocycles. The van der Waals surface area contributed by atoms with Crippen molar-refractivity contribution in [2.24, 2.45) is 0 Å². The van der Waals surface area contributed by atoms with Gasteiger partial charge in [-0.3, -0.25) is 0 Å². The van der Waals surface area contributed by atoms with Crippen molar-refractivity contribution in [3.63, 3.8) is 0 Å². The van der Waals surface area contributed by atoms with Gasteiger partial charge in [0, 0.05) is 0 Å². The van der Waals surface area contributed by atoms with Crippen molar-refractivity contribution in [2.45, 2.75) is 71.1 Å². The fraction of sp³-hybridized carbons (Fsp3) is 1.00. The highest BCUT2D eigenvalue weighted by atomic mass is 79.9. The molecule has 5 N–H and O–H groups in total. The standard InChI is InChI=1S/C16H36NO.2BrH.H3N/c1-4-5-6-7-8-9-10-11-12-13-14-17(2,3)15-16-18;;;/h18H,4-16H2,1-3H3;2*1H;1H3/q+1;;;/p-1. The van der Waals surface area contributed by atoms with Crippen molar-refractivity contribution in [1.29, 1.82) is 0 Å². The van der Waals surface area contributed by atoms with E-state index in [0.717, 1.165) is 11.0 Å². The summed E-state index contributed by atoms with van der Waals surface area (Å²) in [5, 5.41) is 8.95. The molecular formula is C16H40Br2N2O. The number of unbranched alkanes of at least 4 members (excludes halogenated alkanes) is 9. The van der Waals surface area contributed by atoms with Crippen molar-refractivity contribution in [3.05, 3.63) is 0 Å². The van der Waals surface area contributed by atoms with Crippen molar-refractivity contribution >= 4 is 0 Å². The average Bonchev–Trinajstić information content (AvgIpc) is 2.31. The summed E-state index contributed by atoms with van der Waals surface area (Å²) in [5.41, 5.74) is 0. The lowest BCUT2D eigenvalue weighted by Crippen LogP contribution is -3.00. The van der Waals surface area contributed by atoms with Crippen LogP contribution in [0.5, 0.6) is 0 Å². The molecule has 0 radical (unpaired) electrons. The third kappa shape index (κ3) is 23.2. The van der Waals surface area contributed by atoms with Gasteiger partial charge in [0.25, 0.3) is 0 Å². The normalized spacial score (nSPS) is 10.3. The van der Waals surface area contributed by atoms with Crippen LogP contribution in [0.4, 0.5) is 0 Å². The van der Waals surface area contributed by atoms with Gasteiger partial charge >= 0.3 is 0 Å². The molecule has 0 amide bonds. The molecule has 0 aliphatic rings. The highest BCUT2D eigenvalue weighted by molar-refractivity contribution is 4.47. The first-order valence-corrected chi connectivity index (χ1v) is 8.05. The summed E-state index contributed by atoms with van der Waals surface area (Å²) in [6, 6.07) is 0. The molecule has 0 aromatic rings. The monoisotopic (exact) mass is 434 g/mol. The van der Waals surface area contributed by atoms with Crippen LogP contribution in [0.3, 0.4) is 0 Å². The lowest BCUT2D eigenvalue weighted by molar-refractivity contribution is -0.890. The number of aliphatic hydroxyl groups is 1. The molecule has 0 spiro atoms. The van der Waals surface area contributed by atoms with Crippen LogP contribution in [0.1, 0.15) is 71.1 Å². The maximum Gasteiger partial charge on any atom is 0.102 e. The Morgan fingerprint density at radius 2 is 1.05 bits per heavy atom. The number of halogens is 2. The van der Waals surface area contributed by atoms with Crippen LogP contribution >= 0.6 is 0 Å². The molecule has 0 aromatic heterocycles. The summed E-state index contributed by atoms with van der Waals surface area (Å²) in [7, 11) is 4.42. The number of hydrogen-bond acceptors (Lipinski definition) is 1. The molecule has 0 aliphatic heterocycles. The molecule has 0 fully saturated rings. The minimum absolute atomic E-state index is 0. The van der Waals surface area contributed by atoms with E-state index >= 15 is 0 Å². The van der Waals surface area contributed by atoms with Crippen LogP contribution < -0.4 is 40.1 Å². The molecule has 0 atom stereocenters. The Labute approximate surface area is 154 Å². The third-order valence-corrected chi connectivity index (χ3v) is 3.82. The van der Waals surface area contributed by atoms with Crippen LogP contribution in [0.2, 0.25) is 0 Å². The number of quaternary nitrogens is 2. The zero-order chi connectivity index (χ0) is 13.7. The zero-order valence-corrected chi connectivity index (χ0v) is 18.0. The van der Waals surface area contributed by atoms with Gasteiger partial charge in [0.2, 0.25) is 0 Å². The molecule has 0 aliphatic carbocycles. The topological polar surface area (TPSA) is 56.7 Å². The van der Waals surface area contributed by atoms with Gasteiger partial charge in [-0.25, -0.2) is 0 Å². The largest absolute Gasteiger partial charge is 1.00 e. The van der Waals surface area contributed by atoms with Crippen LogP contribution in [-0.4, -0.2) is 43.4 Å². The predicted molar refractivity (Wildman–Crippen MR) is 86.8 cm³/mol. The summed E-state index contributed by atoms with van der Waals surface area (Å²) in [4.78, 5) is 0. The van der Waals surface area contributed by atoms with Gasteiger partial charge in [-0.2, -0.15) is 0 Å². The van der Waals surface area contributed by atoms with E-state index in [1.165, 1.54) is 70.8 Å². The number of nitrogens with zero attached hydrogens (tertiary/aromatic N) is 1. The smallest absolute Gasteiger partial charge is 0.102 e. The van der Waals surface area contributed by atoms with Crippen LogP contribution in [-0.2, 0) is 0 Å². The molecule has 21 heavy (non-hydrogen) atoms. The fourth-order valence-electron chi connectivity index (χ4n) is 2.41. The Bertz CT molecular complexity index is 182. The third-order valence-electron chi connectivity index (χ3n) is 3.82. The quantitative estimate of drug-likeness (QED) is 0.264. The highest BCUT2D eigenvalue weighted by Crippen LogP contribution is 2.11. The maximum atomic E-state index is 8.95. The van der Waals surface area contributed by atoms with E-state index in [9.17, 15) is 0 Å². The summed E-state index contributed by atoms with van der Waals surface area (Å²) >= 11 is 0. The average molecular weight is 436 g/mol. The Kier molecular flexibility index (Phi) is 29.6. The Hall–Kier alpha value is 0.840. The molecular weight excluding hydrogens is 396 g/mol. The fourth-order valence-corrected chi connectivity index (χ4v) is 2.41. The van der Waals surface area contributed by atoms with Gasteiger partial charge in [0.15, 0.2) is 0 Å². The number of aliphatic hydroxyl groups excluding tert-OH is 1. The van der Waals surface area contributed by atoms with E-state index in [1.807, 2.05) is 0 Å². The van der Waals surface area contributed by atoms with E-state index in [4.69, 9.17) is 5.11 Å². The number of rotatable bonds is 13. The molecule has 0 rings (SSSR count). The molecule has 3 nitrogen and oxygen atoms in total. The first-order chi connectivity index (χ1) is 8.62. The number of likely N-dealkylation sites (N-methyl/N-ethyl adjacent to an activating group) is 1. The van der Waals surface area contributed by atoms with Crippen LogP contribution in [0.25, 0.3) is 0 Å². The predicted octanol–water partition coefficient (Wildman–Crippen LogP) is -1.64.